The first-order valence-corrected chi connectivity index (χ1v) is 7.14. The topological polar surface area (TPSA) is 58.0 Å². The van der Waals surface area contributed by atoms with Crippen LogP contribution in [-0.4, -0.2) is 15.1 Å². The van der Waals surface area contributed by atoms with Gasteiger partial charge in [-0.3, -0.25) is 0 Å². The van der Waals surface area contributed by atoms with Crippen molar-refractivity contribution >= 4 is 5.69 Å². The Morgan fingerprint density at radius 1 is 1.00 bits per heavy atom. The van der Waals surface area contributed by atoms with Crippen LogP contribution in [0.15, 0.2) is 60.8 Å². The van der Waals surface area contributed by atoms with Gasteiger partial charge >= 0.3 is 0 Å². The molecule has 3 aromatic rings. The van der Waals surface area contributed by atoms with Gasteiger partial charge in [0.1, 0.15) is 11.6 Å². The summed E-state index contributed by atoms with van der Waals surface area (Å²) in [5.41, 5.74) is 3.45. The Hall–Kier alpha value is -2.88. The van der Waals surface area contributed by atoms with Crippen molar-refractivity contribution in [2.45, 2.75) is 13.5 Å². The predicted molar refractivity (Wildman–Crippen MR) is 87.6 cm³/mol. The maximum atomic E-state index is 10.1. The van der Waals surface area contributed by atoms with Gasteiger partial charge in [-0.15, -0.1) is 0 Å². The van der Waals surface area contributed by atoms with Crippen LogP contribution in [-0.2, 0) is 6.54 Å². The number of nitrogens with one attached hydrogen (secondary N) is 1. The maximum absolute atomic E-state index is 10.1. The fourth-order valence-corrected chi connectivity index (χ4v) is 2.28. The number of aryl methyl sites for hydroxylation is 1. The fourth-order valence-electron chi connectivity index (χ4n) is 2.28. The van der Waals surface area contributed by atoms with Crippen molar-refractivity contribution in [3.05, 3.63) is 72.2 Å². The molecule has 0 atom stereocenters. The first kappa shape index (κ1) is 14.1. The summed E-state index contributed by atoms with van der Waals surface area (Å²) in [6, 6.07) is 17.2. The SMILES string of the molecule is Cc1ncc(CNc2ccccc2)c(-c2ccccc2O)n1. The number of aromatic nitrogens is 2. The molecular weight excluding hydrogens is 274 g/mol. The number of hydrogen-bond donors (Lipinski definition) is 2. The first-order chi connectivity index (χ1) is 10.7. The molecule has 0 aliphatic heterocycles. The molecule has 0 saturated heterocycles. The monoisotopic (exact) mass is 291 g/mol. The highest BCUT2D eigenvalue weighted by Gasteiger charge is 2.11. The van der Waals surface area contributed by atoms with E-state index in [1.807, 2.05) is 49.4 Å². The minimum atomic E-state index is 0.224. The molecule has 0 saturated carbocycles. The Balaban J connectivity index is 1.93. The third kappa shape index (κ3) is 3.06. The smallest absolute Gasteiger partial charge is 0.125 e. The standard InChI is InChI=1S/C18H17N3O/c1-13-19-11-14(12-20-15-7-3-2-4-8-15)18(21-13)16-9-5-6-10-17(16)22/h2-11,20,22H,12H2,1H3. The molecule has 0 unspecified atom stereocenters. The van der Waals surface area contributed by atoms with Crippen LogP contribution < -0.4 is 5.32 Å². The van der Waals surface area contributed by atoms with Crippen LogP contribution in [0.1, 0.15) is 11.4 Å². The molecule has 4 nitrogen and oxygen atoms in total. The van der Waals surface area contributed by atoms with Crippen LogP contribution in [0.25, 0.3) is 11.3 Å². The molecule has 1 aromatic heterocycles. The van der Waals surface area contributed by atoms with Gasteiger partial charge < -0.3 is 10.4 Å². The van der Waals surface area contributed by atoms with Gasteiger partial charge in [-0.1, -0.05) is 30.3 Å². The number of nitrogens with zero attached hydrogens (tertiary/aromatic N) is 2. The van der Waals surface area contributed by atoms with E-state index in [2.05, 4.69) is 15.3 Å². The van der Waals surface area contributed by atoms with Crippen molar-refractivity contribution in [3.8, 4) is 17.0 Å². The zero-order valence-corrected chi connectivity index (χ0v) is 12.3. The summed E-state index contributed by atoms with van der Waals surface area (Å²) >= 11 is 0. The predicted octanol–water partition coefficient (Wildman–Crippen LogP) is 3.77. The molecule has 0 spiro atoms. The number of para-hydroxylation sites is 2. The number of rotatable bonds is 4. The number of benzene rings is 2. The molecule has 2 aromatic carbocycles. The molecule has 0 bridgehead atoms. The van der Waals surface area contributed by atoms with Crippen molar-refractivity contribution in [2.24, 2.45) is 0 Å². The van der Waals surface area contributed by atoms with E-state index in [1.54, 1.807) is 18.3 Å². The summed E-state index contributed by atoms with van der Waals surface area (Å²) in [5, 5.41) is 13.4. The first-order valence-electron chi connectivity index (χ1n) is 7.14. The number of anilines is 1. The van der Waals surface area contributed by atoms with Crippen LogP contribution in [0.3, 0.4) is 0 Å². The van der Waals surface area contributed by atoms with E-state index >= 15 is 0 Å². The van der Waals surface area contributed by atoms with Crippen molar-refractivity contribution < 1.29 is 5.11 Å². The van der Waals surface area contributed by atoms with Gasteiger partial charge in [-0.2, -0.15) is 0 Å². The Bertz CT molecular complexity index is 772. The molecule has 1 heterocycles. The molecule has 2 N–H and O–H groups in total. The normalized spacial score (nSPS) is 10.4. The summed E-state index contributed by atoms with van der Waals surface area (Å²) in [4.78, 5) is 8.78. The van der Waals surface area contributed by atoms with E-state index in [9.17, 15) is 5.11 Å². The Morgan fingerprint density at radius 3 is 2.50 bits per heavy atom. The van der Waals surface area contributed by atoms with E-state index in [-0.39, 0.29) is 5.75 Å². The van der Waals surface area contributed by atoms with E-state index in [1.165, 1.54) is 0 Å². The Labute approximate surface area is 129 Å². The van der Waals surface area contributed by atoms with Crippen LogP contribution in [0.4, 0.5) is 5.69 Å². The molecule has 22 heavy (non-hydrogen) atoms. The molecule has 3 rings (SSSR count). The second-order valence-corrected chi connectivity index (χ2v) is 5.03. The Morgan fingerprint density at radius 2 is 1.73 bits per heavy atom. The summed E-state index contributed by atoms with van der Waals surface area (Å²) in [7, 11) is 0. The summed E-state index contributed by atoms with van der Waals surface area (Å²) in [6.45, 7) is 2.44. The third-order valence-electron chi connectivity index (χ3n) is 3.40. The molecule has 0 aliphatic carbocycles. The second-order valence-electron chi connectivity index (χ2n) is 5.03. The molecule has 0 radical (unpaired) electrons. The van der Waals surface area contributed by atoms with Gasteiger partial charge in [-0.05, 0) is 31.2 Å². The van der Waals surface area contributed by atoms with Gasteiger partial charge in [0.25, 0.3) is 0 Å². The summed E-state index contributed by atoms with van der Waals surface area (Å²) in [6.07, 6.45) is 1.81. The van der Waals surface area contributed by atoms with Crippen LogP contribution in [0, 0.1) is 6.92 Å². The van der Waals surface area contributed by atoms with Crippen molar-refractivity contribution in [3.63, 3.8) is 0 Å². The average Bonchev–Trinajstić information content (AvgIpc) is 2.55. The zero-order chi connectivity index (χ0) is 15.4. The summed E-state index contributed by atoms with van der Waals surface area (Å²) < 4.78 is 0. The lowest BCUT2D eigenvalue weighted by molar-refractivity contribution is 0.477. The number of phenolic OH excluding ortho intramolecular Hbond substituents is 1. The van der Waals surface area contributed by atoms with Crippen molar-refractivity contribution in [1.29, 1.82) is 0 Å². The number of hydrogen-bond acceptors (Lipinski definition) is 4. The van der Waals surface area contributed by atoms with Gasteiger partial charge in [0.2, 0.25) is 0 Å². The van der Waals surface area contributed by atoms with Crippen molar-refractivity contribution in [1.82, 2.24) is 9.97 Å². The minimum absolute atomic E-state index is 0.224. The van der Waals surface area contributed by atoms with Gasteiger partial charge in [0.05, 0.1) is 5.69 Å². The Kier molecular flexibility index (Phi) is 4.01. The largest absolute Gasteiger partial charge is 0.507 e. The molecule has 4 heteroatoms. The fraction of sp³-hybridized carbons (Fsp3) is 0.111. The van der Waals surface area contributed by atoms with E-state index in [4.69, 9.17) is 0 Å². The lowest BCUT2D eigenvalue weighted by Gasteiger charge is -2.12. The second kappa shape index (κ2) is 6.26. The number of phenols is 1. The number of aromatic hydroxyl groups is 1. The molecular formula is C18H17N3O. The molecule has 0 amide bonds. The minimum Gasteiger partial charge on any atom is -0.507 e. The van der Waals surface area contributed by atoms with E-state index < -0.39 is 0 Å². The summed E-state index contributed by atoms with van der Waals surface area (Å²) in [5.74, 6) is 0.906. The molecule has 0 fully saturated rings. The lowest BCUT2D eigenvalue weighted by Crippen LogP contribution is -2.04. The average molecular weight is 291 g/mol. The van der Waals surface area contributed by atoms with Gasteiger partial charge in [0, 0.05) is 29.6 Å². The zero-order valence-electron chi connectivity index (χ0n) is 12.3. The van der Waals surface area contributed by atoms with E-state index in [0.717, 1.165) is 22.5 Å². The van der Waals surface area contributed by atoms with E-state index in [0.29, 0.717) is 12.4 Å². The van der Waals surface area contributed by atoms with Crippen LogP contribution in [0.5, 0.6) is 5.75 Å². The van der Waals surface area contributed by atoms with Gasteiger partial charge in [0.15, 0.2) is 0 Å². The quantitative estimate of drug-likeness (QED) is 0.768. The highest BCUT2D eigenvalue weighted by molar-refractivity contribution is 5.69. The maximum Gasteiger partial charge on any atom is 0.125 e. The van der Waals surface area contributed by atoms with Crippen LogP contribution >= 0.6 is 0 Å². The van der Waals surface area contributed by atoms with Gasteiger partial charge in [-0.25, -0.2) is 9.97 Å². The molecule has 0 aliphatic rings. The molecule has 110 valence electrons. The van der Waals surface area contributed by atoms with Crippen molar-refractivity contribution in [2.75, 3.05) is 5.32 Å². The van der Waals surface area contributed by atoms with Crippen LogP contribution in [0.2, 0.25) is 0 Å². The highest BCUT2D eigenvalue weighted by Crippen LogP contribution is 2.29. The lowest BCUT2D eigenvalue weighted by atomic mass is 10.1. The third-order valence-corrected chi connectivity index (χ3v) is 3.40. The highest BCUT2D eigenvalue weighted by atomic mass is 16.3.